The van der Waals surface area contributed by atoms with E-state index in [1.54, 1.807) is 0 Å². The highest BCUT2D eigenvalue weighted by atomic mass is 79.9. The van der Waals surface area contributed by atoms with Crippen molar-refractivity contribution in [3.63, 3.8) is 0 Å². The third kappa shape index (κ3) is 3.18. The van der Waals surface area contributed by atoms with Crippen molar-refractivity contribution in [2.45, 2.75) is 6.18 Å². The van der Waals surface area contributed by atoms with Crippen molar-refractivity contribution in [2.24, 2.45) is 0 Å². The summed E-state index contributed by atoms with van der Waals surface area (Å²) in [4.78, 5) is 30.1. The molecule has 11 heteroatoms. The van der Waals surface area contributed by atoms with Gasteiger partial charge in [0, 0.05) is 18.0 Å². The number of halogens is 5. The van der Waals surface area contributed by atoms with Gasteiger partial charge in [0.15, 0.2) is 17.3 Å². The van der Waals surface area contributed by atoms with Crippen LogP contribution >= 0.6 is 27.5 Å². The number of pyridine rings is 2. The first-order valence-electron chi connectivity index (χ1n) is 7.71. The van der Waals surface area contributed by atoms with Crippen LogP contribution in [0.1, 0.15) is 21.6 Å². The molecule has 0 aliphatic carbocycles. The van der Waals surface area contributed by atoms with E-state index in [4.69, 9.17) is 11.6 Å². The monoisotopic (exact) mass is 469 g/mol. The molecule has 28 heavy (non-hydrogen) atoms. The molecule has 2 N–H and O–H groups in total. The van der Waals surface area contributed by atoms with Gasteiger partial charge in [-0.25, -0.2) is 9.97 Å². The number of carbonyl (C=O) groups excluding carboxylic acids is 1. The molecule has 4 rings (SSSR count). The van der Waals surface area contributed by atoms with Crippen molar-refractivity contribution in [3.05, 3.63) is 63.2 Å². The molecule has 0 bridgehead atoms. The lowest BCUT2D eigenvalue weighted by molar-refractivity contribution is -0.141. The van der Waals surface area contributed by atoms with E-state index in [1.807, 2.05) is 0 Å². The summed E-state index contributed by atoms with van der Waals surface area (Å²) < 4.78 is 39.8. The van der Waals surface area contributed by atoms with Gasteiger partial charge in [0.2, 0.25) is 0 Å². The minimum absolute atomic E-state index is 0.0411. The van der Waals surface area contributed by atoms with Gasteiger partial charge < -0.3 is 9.97 Å². The van der Waals surface area contributed by atoms with Crippen molar-refractivity contribution >= 4 is 44.3 Å². The fourth-order valence-electron chi connectivity index (χ4n) is 2.68. The highest BCUT2D eigenvalue weighted by molar-refractivity contribution is 9.10. The number of H-pyrrole nitrogens is 2. The van der Waals surface area contributed by atoms with Crippen LogP contribution in [-0.4, -0.2) is 30.7 Å². The van der Waals surface area contributed by atoms with Crippen LogP contribution in [0, 0.1) is 0 Å². The number of fused-ring (bicyclic) bond motifs is 1. The Bertz CT molecular complexity index is 1220. The number of aromatic amines is 2. The molecule has 6 nitrogen and oxygen atoms in total. The number of rotatable bonds is 3. The predicted octanol–water partition coefficient (Wildman–Crippen LogP) is 5.01. The number of ketones is 1. The molecule has 0 saturated heterocycles. The molecule has 0 amide bonds. The number of carbonyl (C=O) groups is 1. The van der Waals surface area contributed by atoms with E-state index in [9.17, 15) is 18.0 Å². The summed E-state index contributed by atoms with van der Waals surface area (Å²) in [5.74, 6) is -0.445. The smallest absolute Gasteiger partial charge is 0.358 e. The Labute approximate surface area is 168 Å². The predicted molar refractivity (Wildman–Crippen MR) is 99.1 cm³/mol. The largest absolute Gasteiger partial charge is 0.434 e. The summed E-state index contributed by atoms with van der Waals surface area (Å²) in [7, 11) is 0. The molecule has 0 unspecified atom stereocenters. The number of aromatic nitrogens is 5. The molecule has 0 aromatic carbocycles. The second-order valence-corrected chi connectivity index (χ2v) is 6.87. The quantitative estimate of drug-likeness (QED) is 0.325. The zero-order chi connectivity index (χ0) is 20.1. The van der Waals surface area contributed by atoms with Gasteiger partial charge in [-0.2, -0.15) is 13.2 Å². The van der Waals surface area contributed by atoms with E-state index in [0.29, 0.717) is 32.2 Å². The lowest BCUT2D eigenvalue weighted by atomic mass is 10.0. The van der Waals surface area contributed by atoms with Gasteiger partial charge in [0.1, 0.15) is 10.1 Å². The maximum absolute atomic E-state index is 13.1. The van der Waals surface area contributed by atoms with E-state index in [1.165, 1.54) is 24.5 Å². The minimum Gasteiger partial charge on any atom is -0.358 e. The Kier molecular flexibility index (Phi) is 4.47. The number of alkyl halides is 3. The fourth-order valence-corrected chi connectivity index (χ4v) is 3.18. The molecular weight excluding hydrogens is 463 g/mol. The molecule has 4 aromatic heterocycles. The lowest BCUT2D eigenvalue weighted by Crippen LogP contribution is -2.15. The summed E-state index contributed by atoms with van der Waals surface area (Å²) in [5, 5.41) is 0.337. The van der Waals surface area contributed by atoms with Crippen LogP contribution in [0.2, 0.25) is 5.02 Å². The molecule has 0 radical (unpaired) electrons. The van der Waals surface area contributed by atoms with Crippen molar-refractivity contribution in [1.82, 2.24) is 24.9 Å². The number of nitrogens with zero attached hydrogens (tertiary/aromatic N) is 3. The first-order chi connectivity index (χ1) is 13.3. The van der Waals surface area contributed by atoms with Gasteiger partial charge in [-0.3, -0.25) is 9.78 Å². The van der Waals surface area contributed by atoms with Crippen LogP contribution in [0.25, 0.3) is 22.6 Å². The summed E-state index contributed by atoms with van der Waals surface area (Å²) in [6.07, 6.45) is -0.924. The van der Waals surface area contributed by atoms with Gasteiger partial charge in [-0.1, -0.05) is 11.6 Å². The van der Waals surface area contributed by atoms with Crippen LogP contribution in [0.3, 0.4) is 0 Å². The van der Waals surface area contributed by atoms with Crippen LogP contribution in [0.15, 0.2) is 41.4 Å². The normalized spacial score (nSPS) is 11.9. The molecule has 142 valence electrons. The Hall–Kier alpha value is -2.72. The third-order valence-corrected chi connectivity index (χ3v) is 5.15. The zero-order valence-electron chi connectivity index (χ0n) is 13.6. The highest BCUT2D eigenvalue weighted by Gasteiger charge is 2.37. The van der Waals surface area contributed by atoms with Crippen molar-refractivity contribution in [2.75, 3.05) is 0 Å². The summed E-state index contributed by atoms with van der Waals surface area (Å²) in [5.41, 5.74) is -0.274. The topological polar surface area (TPSA) is 87.3 Å². The van der Waals surface area contributed by atoms with E-state index in [2.05, 4.69) is 40.8 Å². The lowest BCUT2D eigenvalue weighted by Gasteiger charge is -2.09. The molecule has 4 aromatic rings. The van der Waals surface area contributed by atoms with E-state index >= 15 is 0 Å². The van der Waals surface area contributed by atoms with E-state index in [0.717, 1.165) is 12.3 Å². The number of imidazole rings is 1. The second-order valence-electron chi connectivity index (χ2n) is 5.74. The summed E-state index contributed by atoms with van der Waals surface area (Å²) in [6.45, 7) is 0. The average Bonchev–Trinajstić information content (AvgIpc) is 3.31. The molecule has 0 fully saturated rings. The molecule has 0 aliphatic heterocycles. The third-order valence-electron chi connectivity index (χ3n) is 3.95. The van der Waals surface area contributed by atoms with Gasteiger partial charge in [0.05, 0.1) is 28.0 Å². The minimum atomic E-state index is -4.73. The van der Waals surface area contributed by atoms with Gasteiger partial charge in [0.25, 0.3) is 0 Å². The van der Waals surface area contributed by atoms with Crippen molar-refractivity contribution < 1.29 is 18.0 Å². The molecule has 0 aliphatic rings. The molecular formula is C17H8BrClF3N5O. The highest BCUT2D eigenvalue weighted by Crippen LogP contribution is 2.32. The Morgan fingerprint density at radius 2 is 2.04 bits per heavy atom. The molecule has 0 atom stereocenters. The Morgan fingerprint density at radius 3 is 2.79 bits per heavy atom. The number of hydrogen-bond donors (Lipinski definition) is 2. The van der Waals surface area contributed by atoms with Gasteiger partial charge in [-0.15, -0.1) is 0 Å². The van der Waals surface area contributed by atoms with E-state index in [-0.39, 0.29) is 5.56 Å². The zero-order valence-corrected chi connectivity index (χ0v) is 15.9. The van der Waals surface area contributed by atoms with Gasteiger partial charge >= 0.3 is 6.18 Å². The SMILES string of the molecule is O=C(c1c[nH]c(-c2nc3cnc(Br)c(Cl)c3[nH]2)c1)c1cccnc1C(F)(F)F. The first-order valence-corrected chi connectivity index (χ1v) is 8.88. The van der Waals surface area contributed by atoms with Crippen molar-refractivity contribution in [1.29, 1.82) is 0 Å². The van der Waals surface area contributed by atoms with Crippen LogP contribution < -0.4 is 0 Å². The van der Waals surface area contributed by atoms with Crippen molar-refractivity contribution in [3.8, 4) is 11.5 Å². The maximum atomic E-state index is 13.1. The molecule has 4 heterocycles. The van der Waals surface area contributed by atoms with E-state index < -0.39 is 23.2 Å². The molecule has 0 saturated carbocycles. The Balaban J connectivity index is 1.73. The maximum Gasteiger partial charge on any atom is 0.434 e. The van der Waals surface area contributed by atoms with Crippen LogP contribution in [0.4, 0.5) is 13.2 Å². The second kappa shape index (κ2) is 6.71. The standard InChI is InChI=1S/C17H8BrClF3N5O/c18-15-11(19)12-10(6-25-15)26-16(27-12)9-4-7(5-24-9)13(28)8-2-1-3-23-14(8)17(20,21)22/h1-6,24H,(H,26,27). The summed E-state index contributed by atoms with van der Waals surface area (Å²) >= 11 is 9.38. The number of hydrogen-bond acceptors (Lipinski definition) is 4. The van der Waals surface area contributed by atoms with Crippen LogP contribution in [-0.2, 0) is 6.18 Å². The average molecular weight is 471 g/mol. The Morgan fingerprint density at radius 1 is 1.25 bits per heavy atom. The number of nitrogens with one attached hydrogen (secondary N) is 2. The molecule has 0 spiro atoms. The van der Waals surface area contributed by atoms with Gasteiger partial charge in [-0.05, 0) is 34.1 Å². The fraction of sp³-hybridized carbons (Fsp3) is 0.0588. The van der Waals surface area contributed by atoms with Crippen LogP contribution in [0.5, 0.6) is 0 Å². The first kappa shape index (κ1) is 18.6. The summed E-state index contributed by atoms with van der Waals surface area (Å²) in [6, 6.07) is 3.78.